The molecule has 2 aromatic carbocycles. The predicted molar refractivity (Wildman–Crippen MR) is 99.3 cm³/mol. The van der Waals surface area contributed by atoms with E-state index in [1.807, 2.05) is 30.3 Å². The third-order valence-electron chi connectivity index (χ3n) is 3.95. The van der Waals surface area contributed by atoms with Gasteiger partial charge in [-0.1, -0.05) is 42.5 Å². The second-order valence-corrected chi connectivity index (χ2v) is 5.66. The van der Waals surface area contributed by atoms with Crippen LogP contribution in [0.1, 0.15) is 15.9 Å². The van der Waals surface area contributed by atoms with E-state index >= 15 is 0 Å². The molecule has 0 aliphatic heterocycles. The fourth-order valence-electron chi connectivity index (χ4n) is 2.58. The molecule has 2 rings (SSSR count). The minimum Gasteiger partial charge on any atom is -0.467 e. The molecular weight excluding hydrogens is 333 g/mol. The molecule has 1 N–H and O–H groups in total. The summed E-state index contributed by atoms with van der Waals surface area (Å²) < 4.78 is 15.2. The first-order chi connectivity index (χ1) is 12.6. The van der Waals surface area contributed by atoms with Crippen LogP contribution in [0.4, 0.5) is 0 Å². The first-order valence-electron chi connectivity index (χ1n) is 8.17. The number of nitrogens with one attached hydrogen (secondary N) is 1. The molecule has 26 heavy (non-hydrogen) atoms. The van der Waals surface area contributed by atoms with Crippen molar-refractivity contribution in [3.05, 3.63) is 65.7 Å². The van der Waals surface area contributed by atoms with E-state index in [1.54, 1.807) is 38.5 Å². The van der Waals surface area contributed by atoms with E-state index in [0.29, 0.717) is 12.0 Å². The lowest BCUT2D eigenvalue weighted by molar-refractivity contribution is -0.142. The van der Waals surface area contributed by atoms with Crippen molar-refractivity contribution >= 4 is 24.5 Å². The molecule has 0 unspecified atom stereocenters. The maximum atomic E-state index is 12.3. The van der Waals surface area contributed by atoms with E-state index in [9.17, 15) is 9.59 Å². The van der Waals surface area contributed by atoms with Gasteiger partial charge in [-0.05, 0) is 23.2 Å². The van der Waals surface area contributed by atoms with Gasteiger partial charge in [0.1, 0.15) is 6.04 Å². The summed E-state index contributed by atoms with van der Waals surface area (Å²) >= 11 is 0. The molecule has 0 fully saturated rings. The van der Waals surface area contributed by atoms with Crippen molar-refractivity contribution in [1.29, 1.82) is 0 Å². The van der Waals surface area contributed by atoms with Gasteiger partial charge in [0.15, 0.2) is 0 Å². The Morgan fingerprint density at radius 2 is 1.58 bits per heavy atom. The number of amides is 1. The van der Waals surface area contributed by atoms with Crippen LogP contribution in [0.15, 0.2) is 54.6 Å². The highest BCUT2D eigenvalue weighted by atomic mass is 16.6. The molecule has 0 aromatic heterocycles. The van der Waals surface area contributed by atoms with Crippen molar-refractivity contribution in [1.82, 2.24) is 5.32 Å². The van der Waals surface area contributed by atoms with Crippen LogP contribution in [0.3, 0.4) is 0 Å². The highest BCUT2D eigenvalue weighted by molar-refractivity contribution is 6.61. The van der Waals surface area contributed by atoms with E-state index in [1.165, 1.54) is 7.11 Å². The first kappa shape index (κ1) is 19.7. The molecule has 0 bridgehead atoms. The Morgan fingerprint density at radius 3 is 2.12 bits per heavy atom. The largest absolute Gasteiger partial charge is 0.493 e. The van der Waals surface area contributed by atoms with Gasteiger partial charge in [-0.15, -0.1) is 0 Å². The quantitative estimate of drug-likeness (QED) is 0.569. The standard InChI is InChI=1S/C19H22BNO5/c1-24-19(23)17(21-18(22)15-7-5-4-6-8-15)13-14-9-11-16(12-10-14)20(25-2)26-3/h4-12,17H,13H2,1-3H3,(H,21,22)/t17-/m1/s1. The highest BCUT2D eigenvalue weighted by Gasteiger charge is 2.23. The topological polar surface area (TPSA) is 73.9 Å². The Kier molecular flexibility index (Phi) is 7.38. The van der Waals surface area contributed by atoms with Gasteiger partial charge >= 0.3 is 13.1 Å². The molecule has 0 saturated heterocycles. The lowest BCUT2D eigenvalue weighted by Crippen LogP contribution is -2.43. The SMILES string of the molecule is COB(OC)c1ccc(C[C@@H](NC(=O)c2ccccc2)C(=O)OC)cc1. The minimum absolute atomic E-state index is 0.316. The number of carbonyl (C=O) groups excluding carboxylic acids is 2. The summed E-state index contributed by atoms with van der Waals surface area (Å²) in [6.07, 6.45) is 0.316. The summed E-state index contributed by atoms with van der Waals surface area (Å²) in [7, 11) is 3.98. The number of hydrogen-bond donors (Lipinski definition) is 1. The fourth-order valence-corrected chi connectivity index (χ4v) is 2.58. The number of ether oxygens (including phenoxy) is 1. The molecule has 136 valence electrons. The van der Waals surface area contributed by atoms with Gasteiger partial charge in [-0.25, -0.2) is 4.79 Å². The Balaban J connectivity index is 2.10. The van der Waals surface area contributed by atoms with Crippen LogP contribution >= 0.6 is 0 Å². The van der Waals surface area contributed by atoms with E-state index in [-0.39, 0.29) is 5.91 Å². The van der Waals surface area contributed by atoms with Gasteiger partial charge < -0.3 is 19.4 Å². The van der Waals surface area contributed by atoms with Crippen molar-refractivity contribution in [2.24, 2.45) is 0 Å². The summed E-state index contributed by atoms with van der Waals surface area (Å²) in [5, 5.41) is 2.73. The molecule has 0 saturated carbocycles. The van der Waals surface area contributed by atoms with E-state index in [0.717, 1.165) is 11.0 Å². The van der Waals surface area contributed by atoms with Gasteiger partial charge in [0.05, 0.1) is 7.11 Å². The predicted octanol–water partition coefficient (Wildman–Crippen LogP) is 1.19. The van der Waals surface area contributed by atoms with Crippen molar-refractivity contribution in [2.75, 3.05) is 21.3 Å². The lowest BCUT2D eigenvalue weighted by Gasteiger charge is -2.17. The maximum Gasteiger partial charge on any atom is 0.493 e. The second-order valence-electron chi connectivity index (χ2n) is 5.66. The molecule has 0 radical (unpaired) electrons. The van der Waals surface area contributed by atoms with Gasteiger partial charge in [0, 0.05) is 26.2 Å². The fraction of sp³-hybridized carbons (Fsp3) is 0.263. The maximum absolute atomic E-state index is 12.3. The lowest BCUT2D eigenvalue weighted by atomic mass is 9.78. The van der Waals surface area contributed by atoms with E-state index in [2.05, 4.69) is 5.32 Å². The number of rotatable bonds is 8. The van der Waals surface area contributed by atoms with Gasteiger partial charge in [-0.2, -0.15) is 0 Å². The average molecular weight is 355 g/mol. The summed E-state index contributed by atoms with van der Waals surface area (Å²) in [5.41, 5.74) is 2.23. The minimum atomic E-state index is -0.779. The molecule has 7 heteroatoms. The Bertz CT molecular complexity index is 716. The molecule has 1 atom stereocenters. The normalized spacial score (nSPS) is 11.5. The van der Waals surface area contributed by atoms with Crippen LogP contribution in [0.5, 0.6) is 0 Å². The number of hydrogen-bond acceptors (Lipinski definition) is 5. The monoisotopic (exact) mass is 355 g/mol. The summed E-state index contributed by atoms with van der Waals surface area (Å²) in [4.78, 5) is 24.4. The zero-order chi connectivity index (χ0) is 18.9. The van der Waals surface area contributed by atoms with Crippen LogP contribution in [-0.2, 0) is 25.3 Å². The summed E-state index contributed by atoms with van der Waals surface area (Å²) in [6.45, 7) is 0. The van der Waals surface area contributed by atoms with Crippen molar-refractivity contribution < 1.29 is 23.6 Å². The highest BCUT2D eigenvalue weighted by Crippen LogP contribution is 2.07. The molecule has 0 aliphatic rings. The Labute approximate surface area is 153 Å². The summed E-state index contributed by atoms with van der Waals surface area (Å²) in [5.74, 6) is -0.818. The number of esters is 1. The van der Waals surface area contributed by atoms with Crippen molar-refractivity contribution in [2.45, 2.75) is 12.5 Å². The number of benzene rings is 2. The van der Waals surface area contributed by atoms with Crippen molar-refractivity contribution in [3.63, 3.8) is 0 Å². The molecular formula is C19H22BNO5. The van der Waals surface area contributed by atoms with Crippen LogP contribution in [-0.4, -0.2) is 46.4 Å². The third kappa shape index (κ3) is 5.18. The van der Waals surface area contributed by atoms with Crippen LogP contribution in [0.25, 0.3) is 0 Å². The van der Waals surface area contributed by atoms with Crippen LogP contribution < -0.4 is 10.8 Å². The smallest absolute Gasteiger partial charge is 0.467 e. The molecule has 1 amide bonds. The van der Waals surface area contributed by atoms with E-state index in [4.69, 9.17) is 14.0 Å². The summed E-state index contributed by atoms with van der Waals surface area (Å²) in [6, 6.07) is 15.4. The Morgan fingerprint density at radius 1 is 0.962 bits per heavy atom. The van der Waals surface area contributed by atoms with E-state index < -0.39 is 19.1 Å². The number of carbonyl (C=O) groups is 2. The van der Waals surface area contributed by atoms with Gasteiger partial charge in [-0.3, -0.25) is 4.79 Å². The van der Waals surface area contributed by atoms with Crippen LogP contribution in [0.2, 0.25) is 0 Å². The first-order valence-corrected chi connectivity index (χ1v) is 8.17. The van der Waals surface area contributed by atoms with Gasteiger partial charge in [0.2, 0.25) is 0 Å². The zero-order valence-electron chi connectivity index (χ0n) is 15.1. The Hall–Kier alpha value is -2.64. The van der Waals surface area contributed by atoms with Crippen molar-refractivity contribution in [3.8, 4) is 0 Å². The average Bonchev–Trinajstić information content (AvgIpc) is 2.69. The molecule has 2 aromatic rings. The molecule has 0 spiro atoms. The molecule has 0 aliphatic carbocycles. The zero-order valence-corrected chi connectivity index (χ0v) is 15.1. The molecule has 0 heterocycles. The third-order valence-corrected chi connectivity index (χ3v) is 3.95. The van der Waals surface area contributed by atoms with Crippen LogP contribution in [0, 0.1) is 0 Å². The van der Waals surface area contributed by atoms with Gasteiger partial charge in [0.25, 0.3) is 5.91 Å². The number of methoxy groups -OCH3 is 1. The second kappa shape index (κ2) is 9.75. The molecule has 6 nitrogen and oxygen atoms in total.